The number of ether oxygens (including phenoxy) is 11. The Morgan fingerprint density at radius 2 is 0.750 bits per heavy atom. The zero-order valence-electron chi connectivity index (χ0n) is 28.4. The van der Waals surface area contributed by atoms with Gasteiger partial charge >= 0.3 is 5.97 Å². The van der Waals surface area contributed by atoms with Crippen LogP contribution in [0.5, 0.6) is 0 Å². The summed E-state index contributed by atoms with van der Waals surface area (Å²) in [5.74, 6) is -0.195. The monoisotopic (exact) mass is 712 g/mol. The van der Waals surface area contributed by atoms with E-state index >= 15 is 0 Å². The molecule has 280 valence electrons. The van der Waals surface area contributed by atoms with E-state index in [4.69, 9.17) is 56.3 Å². The van der Waals surface area contributed by atoms with Gasteiger partial charge in [-0.3, -0.25) is 8.98 Å². The third-order valence-corrected chi connectivity index (χ3v) is 7.12. The van der Waals surface area contributed by atoms with Gasteiger partial charge in [0.25, 0.3) is 10.1 Å². The Morgan fingerprint density at radius 3 is 1.06 bits per heavy atom. The van der Waals surface area contributed by atoms with Crippen LogP contribution in [-0.4, -0.2) is 160 Å². The molecule has 0 aromatic heterocycles. The molecule has 1 aromatic carbocycles. The van der Waals surface area contributed by atoms with Gasteiger partial charge in [-0.2, -0.15) is 8.42 Å². The number of carbonyl (C=O) groups is 1. The molecule has 0 unspecified atom stereocenters. The smallest absolute Gasteiger partial charge is 0.305 e. The zero-order chi connectivity index (χ0) is 34.6. The van der Waals surface area contributed by atoms with E-state index in [-0.39, 0.29) is 30.7 Å². The highest BCUT2D eigenvalue weighted by molar-refractivity contribution is 7.86. The fourth-order valence-electron chi connectivity index (χ4n) is 3.43. The number of esters is 1. The van der Waals surface area contributed by atoms with Gasteiger partial charge in [-0.1, -0.05) is 25.1 Å². The van der Waals surface area contributed by atoms with Crippen molar-refractivity contribution in [3.8, 4) is 0 Å². The molecule has 0 aliphatic carbocycles. The predicted molar refractivity (Wildman–Crippen MR) is 174 cm³/mol. The van der Waals surface area contributed by atoms with Gasteiger partial charge in [-0.25, -0.2) is 0 Å². The molecule has 0 radical (unpaired) electrons. The minimum Gasteiger partial charge on any atom is -0.463 e. The van der Waals surface area contributed by atoms with Gasteiger partial charge in [0, 0.05) is 6.42 Å². The topological polar surface area (TPSA) is 162 Å². The summed E-state index contributed by atoms with van der Waals surface area (Å²) in [5, 5.41) is 0. The number of rotatable bonds is 37. The second-order valence-electron chi connectivity index (χ2n) is 9.68. The van der Waals surface area contributed by atoms with Crippen molar-refractivity contribution in [2.75, 3.05) is 145 Å². The van der Waals surface area contributed by atoms with Crippen LogP contribution in [0.15, 0.2) is 35.2 Å². The van der Waals surface area contributed by atoms with Crippen molar-refractivity contribution in [3.63, 3.8) is 0 Å². The van der Waals surface area contributed by atoms with E-state index in [1.165, 1.54) is 12.1 Å². The van der Waals surface area contributed by atoms with Crippen LogP contribution in [0.2, 0.25) is 0 Å². The average molecular weight is 713 g/mol. The number of hydrogen-bond donors (Lipinski definition) is 0. The maximum absolute atomic E-state index is 12.0. The van der Waals surface area contributed by atoms with Gasteiger partial charge in [0.2, 0.25) is 0 Å². The third kappa shape index (κ3) is 29.1. The molecule has 15 nitrogen and oxygen atoms in total. The van der Waals surface area contributed by atoms with Crippen molar-refractivity contribution in [2.24, 2.45) is 0 Å². The minimum atomic E-state index is -3.76. The van der Waals surface area contributed by atoms with E-state index in [0.717, 1.165) is 6.42 Å². The molecule has 1 aromatic rings. The van der Waals surface area contributed by atoms with Gasteiger partial charge < -0.3 is 52.1 Å². The van der Waals surface area contributed by atoms with Crippen molar-refractivity contribution >= 4 is 16.1 Å². The molecule has 48 heavy (non-hydrogen) atoms. The summed E-state index contributed by atoms with van der Waals surface area (Å²) in [6.07, 6.45) is 1.21. The highest BCUT2D eigenvalue weighted by atomic mass is 32.2. The first-order valence-electron chi connectivity index (χ1n) is 16.4. The van der Waals surface area contributed by atoms with Crippen LogP contribution in [0.1, 0.15) is 19.8 Å². The van der Waals surface area contributed by atoms with Crippen molar-refractivity contribution in [1.29, 1.82) is 0 Å². The highest BCUT2D eigenvalue weighted by Gasteiger charge is 2.13. The van der Waals surface area contributed by atoms with Crippen molar-refractivity contribution in [3.05, 3.63) is 30.3 Å². The molecule has 0 spiro atoms. The summed E-state index contributed by atoms with van der Waals surface area (Å²) in [6, 6.07) is 7.97. The van der Waals surface area contributed by atoms with Gasteiger partial charge in [0.1, 0.15) is 6.61 Å². The SMILES string of the molecule is CCCC(=O)OCCOCCOCCOCCOCCOCCOCCOCCOCCOCCOCCOS(=O)(=O)c1ccccc1. The molecule has 0 saturated carbocycles. The van der Waals surface area contributed by atoms with Crippen LogP contribution in [-0.2, 0) is 71.2 Å². The Balaban J connectivity index is 1.66. The number of hydrogen-bond acceptors (Lipinski definition) is 15. The number of carbonyl (C=O) groups excluding carboxylic acids is 1. The molecule has 0 bridgehead atoms. The van der Waals surface area contributed by atoms with Crippen LogP contribution >= 0.6 is 0 Å². The third-order valence-electron chi connectivity index (χ3n) is 5.79. The molecule has 0 heterocycles. The molecule has 0 amide bonds. The number of benzene rings is 1. The average Bonchev–Trinajstić information content (AvgIpc) is 3.09. The van der Waals surface area contributed by atoms with Crippen LogP contribution in [0.3, 0.4) is 0 Å². The quantitative estimate of drug-likeness (QED) is 0.0558. The molecule has 0 saturated heterocycles. The van der Waals surface area contributed by atoms with E-state index < -0.39 is 10.1 Å². The van der Waals surface area contributed by atoms with E-state index in [0.29, 0.717) is 132 Å². The summed E-state index contributed by atoms with van der Waals surface area (Å²) in [5.41, 5.74) is 0. The lowest BCUT2D eigenvalue weighted by atomic mass is 10.3. The second-order valence-corrected chi connectivity index (χ2v) is 11.3. The molecule has 16 heteroatoms. The maximum atomic E-state index is 12.0. The van der Waals surface area contributed by atoms with E-state index in [9.17, 15) is 13.2 Å². The zero-order valence-corrected chi connectivity index (χ0v) is 29.2. The molecule has 0 atom stereocenters. The van der Waals surface area contributed by atoms with Crippen LogP contribution < -0.4 is 0 Å². The molecule has 1 rings (SSSR count). The standard InChI is InChI=1S/C32H56O15S/c1-2-6-32(33)46-29-27-44-25-23-42-21-19-40-17-15-38-13-11-36-9-10-37-12-14-39-16-18-41-20-22-43-24-26-45-28-30-47-48(34,35)31-7-4-3-5-8-31/h3-5,7-8H,2,6,9-30H2,1H3. The van der Waals surface area contributed by atoms with Crippen LogP contribution in [0.4, 0.5) is 0 Å². The molecular formula is C32H56O15S. The normalized spacial score (nSPS) is 11.7. The lowest BCUT2D eigenvalue weighted by molar-refractivity contribution is -0.145. The largest absolute Gasteiger partial charge is 0.463 e. The van der Waals surface area contributed by atoms with Gasteiger partial charge in [0.15, 0.2) is 0 Å². The van der Waals surface area contributed by atoms with Crippen LogP contribution in [0, 0.1) is 0 Å². The summed E-state index contributed by atoms with van der Waals surface area (Å²) in [6.45, 7) is 10.7. The molecule has 0 aliphatic heterocycles. The Labute approximate surface area is 285 Å². The Hall–Kier alpha value is -1.80. The Bertz CT molecular complexity index is 937. The Kier molecular flexibility index (Phi) is 31.0. The van der Waals surface area contributed by atoms with E-state index in [2.05, 4.69) is 0 Å². The van der Waals surface area contributed by atoms with Gasteiger partial charge in [-0.15, -0.1) is 0 Å². The molecule has 0 fully saturated rings. The first-order valence-corrected chi connectivity index (χ1v) is 17.8. The first-order chi connectivity index (χ1) is 23.6. The van der Waals surface area contributed by atoms with Crippen LogP contribution in [0.25, 0.3) is 0 Å². The summed E-state index contributed by atoms with van der Waals surface area (Å²) in [7, 11) is -3.76. The summed E-state index contributed by atoms with van der Waals surface area (Å²) >= 11 is 0. The lowest BCUT2D eigenvalue weighted by Gasteiger charge is -2.09. The minimum absolute atomic E-state index is 0.0623. The summed E-state index contributed by atoms with van der Waals surface area (Å²) < 4.78 is 88.0. The summed E-state index contributed by atoms with van der Waals surface area (Å²) in [4.78, 5) is 11.3. The molecule has 0 N–H and O–H groups in total. The van der Waals surface area contributed by atoms with Crippen molar-refractivity contribution < 1.29 is 69.5 Å². The van der Waals surface area contributed by atoms with E-state index in [1.807, 2.05) is 6.92 Å². The first kappa shape index (κ1) is 44.2. The fraction of sp³-hybridized carbons (Fsp3) is 0.781. The second kappa shape index (κ2) is 33.7. The van der Waals surface area contributed by atoms with Crippen molar-refractivity contribution in [2.45, 2.75) is 24.7 Å². The van der Waals surface area contributed by atoms with Gasteiger partial charge in [-0.05, 0) is 18.6 Å². The lowest BCUT2D eigenvalue weighted by Crippen LogP contribution is -2.16. The highest BCUT2D eigenvalue weighted by Crippen LogP contribution is 2.10. The molecule has 0 aliphatic rings. The fourth-order valence-corrected chi connectivity index (χ4v) is 4.34. The maximum Gasteiger partial charge on any atom is 0.305 e. The van der Waals surface area contributed by atoms with Gasteiger partial charge in [0.05, 0.1) is 144 Å². The molecular weight excluding hydrogens is 656 g/mol. The predicted octanol–water partition coefficient (Wildman–Crippen LogP) is 1.90. The van der Waals surface area contributed by atoms with Crippen molar-refractivity contribution in [1.82, 2.24) is 0 Å². The Morgan fingerprint density at radius 1 is 0.458 bits per heavy atom. The van der Waals surface area contributed by atoms with E-state index in [1.54, 1.807) is 18.2 Å².